The smallest absolute Gasteiger partial charge is 0.339 e. The van der Waals surface area contributed by atoms with Crippen molar-refractivity contribution < 1.29 is 19.1 Å². The Morgan fingerprint density at radius 1 is 1.08 bits per heavy atom. The summed E-state index contributed by atoms with van der Waals surface area (Å²) in [4.78, 5) is 25.0. The van der Waals surface area contributed by atoms with Gasteiger partial charge in [-0.15, -0.1) is 11.3 Å². The molecule has 4 nitrogen and oxygen atoms in total. The van der Waals surface area contributed by atoms with E-state index in [-0.39, 0.29) is 16.1 Å². The van der Waals surface area contributed by atoms with Crippen LogP contribution in [0.5, 0.6) is 0 Å². The molecule has 0 fully saturated rings. The number of amides is 1. The van der Waals surface area contributed by atoms with E-state index in [0.717, 1.165) is 22.1 Å². The molecule has 0 spiro atoms. The molecule has 0 saturated heterocycles. The van der Waals surface area contributed by atoms with Crippen molar-refractivity contribution in [3.8, 4) is 11.1 Å². The maximum Gasteiger partial charge on any atom is 0.339 e. The average molecular weight is 369 g/mol. The van der Waals surface area contributed by atoms with Crippen molar-refractivity contribution in [2.24, 2.45) is 0 Å². The average Bonchev–Trinajstić information content (AvgIpc) is 2.91. The van der Waals surface area contributed by atoms with Gasteiger partial charge in [0.2, 0.25) is 0 Å². The first-order chi connectivity index (χ1) is 12.4. The quantitative estimate of drug-likeness (QED) is 0.671. The molecule has 0 unspecified atom stereocenters. The number of aromatic carboxylic acids is 1. The minimum absolute atomic E-state index is 0.0427. The third-order valence-corrected chi connectivity index (χ3v) is 4.97. The topological polar surface area (TPSA) is 66.4 Å². The Kier molecular flexibility index (Phi) is 4.86. The van der Waals surface area contributed by atoms with Crippen LogP contribution in [0.1, 0.15) is 31.2 Å². The van der Waals surface area contributed by atoms with Crippen molar-refractivity contribution in [3.63, 3.8) is 0 Å². The summed E-state index contributed by atoms with van der Waals surface area (Å²) in [5.41, 5.74) is 2.59. The molecule has 0 saturated carbocycles. The minimum atomic E-state index is -1.13. The monoisotopic (exact) mass is 369 g/mol. The van der Waals surface area contributed by atoms with E-state index < -0.39 is 17.7 Å². The Morgan fingerprint density at radius 3 is 2.38 bits per heavy atom. The molecule has 1 amide bonds. The lowest BCUT2D eigenvalue weighted by Crippen LogP contribution is -2.13. The van der Waals surface area contributed by atoms with Crippen LogP contribution in [0.4, 0.5) is 9.39 Å². The van der Waals surface area contributed by atoms with Crippen LogP contribution in [0.15, 0.2) is 48.5 Å². The van der Waals surface area contributed by atoms with Gasteiger partial charge in [0.05, 0.1) is 0 Å². The van der Waals surface area contributed by atoms with Crippen molar-refractivity contribution in [2.45, 2.75) is 13.8 Å². The van der Waals surface area contributed by atoms with Gasteiger partial charge in [-0.05, 0) is 37.6 Å². The highest BCUT2D eigenvalue weighted by atomic mass is 32.1. The van der Waals surface area contributed by atoms with Gasteiger partial charge < -0.3 is 10.4 Å². The maximum atomic E-state index is 13.3. The Bertz CT molecular complexity index is 993. The van der Waals surface area contributed by atoms with Gasteiger partial charge in [0.25, 0.3) is 5.91 Å². The van der Waals surface area contributed by atoms with Crippen LogP contribution in [0.2, 0.25) is 0 Å². The minimum Gasteiger partial charge on any atom is -0.478 e. The SMILES string of the molecule is Cc1ccc(-c2c(C)sc(NC(=O)c3cccc(F)c3)c2C(=O)O)cc1. The predicted molar refractivity (Wildman–Crippen MR) is 101 cm³/mol. The van der Waals surface area contributed by atoms with Crippen LogP contribution in [0, 0.1) is 19.7 Å². The van der Waals surface area contributed by atoms with Gasteiger partial charge in [-0.25, -0.2) is 9.18 Å². The van der Waals surface area contributed by atoms with Crippen molar-refractivity contribution in [3.05, 3.63) is 75.9 Å². The summed E-state index contributed by atoms with van der Waals surface area (Å²) in [5, 5.41) is 12.5. The van der Waals surface area contributed by atoms with Gasteiger partial charge in [-0.3, -0.25) is 4.79 Å². The number of anilines is 1. The van der Waals surface area contributed by atoms with Gasteiger partial charge in [0, 0.05) is 16.0 Å². The van der Waals surface area contributed by atoms with Gasteiger partial charge in [0.1, 0.15) is 16.4 Å². The molecule has 2 aromatic carbocycles. The van der Waals surface area contributed by atoms with Crippen molar-refractivity contribution >= 4 is 28.2 Å². The summed E-state index contributed by atoms with van der Waals surface area (Å²) >= 11 is 1.19. The number of benzene rings is 2. The standard InChI is InChI=1S/C20H16FNO3S/c1-11-6-8-13(9-7-11)16-12(2)26-19(17(16)20(24)25)22-18(23)14-4-3-5-15(21)10-14/h3-10H,1-2H3,(H,22,23)(H,24,25). The van der Waals surface area contributed by atoms with Gasteiger partial charge in [-0.2, -0.15) is 0 Å². The second-order valence-electron chi connectivity index (χ2n) is 5.87. The number of hydrogen-bond acceptors (Lipinski definition) is 3. The van der Waals surface area contributed by atoms with Crippen molar-refractivity contribution in [1.29, 1.82) is 0 Å². The number of carboxylic acids is 1. The molecule has 0 aliphatic heterocycles. The van der Waals surface area contributed by atoms with E-state index in [1.54, 1.807) is 0 Å². The first-order valence-electron chi connectivity index (χ1n) is 7.87. The number of halogens is 1. The molecule has 0 aliphatic rings. The van der Waals surface area contributed by atoms with E-state index in [4.69, 9.17) is 0 Å². The van der Waals surface area contributed by atoms with Crippen LogP contribution in [0.3, 0.4) is 0 Å². The number of rotatable bonds is 4. The Morgan fingerprint density at radius 2 is 1.77 bits per heavy atom. The molecule has 0 bridgehead atoms. The molecule has 1 aromatic heterocycles. The Labute approximate surface area is 153 Å². The van der Waals surface area contributed by atoms with E-state index in [1.165, 1.54) is 29.5 Å². The Balaban J connectivity index is 2.03. The number of aryl methyl sites for hydroxylation is 2. The maximum absolute atomic E-state index is 13.3. The third kappa shape index (κ3) is 3.50. The molecule has 132 valence electrons. The highest BCUT2D eigenvalue weighted by Gasteiger charge is 2.24. The Hall–Kier alpha value is -2.99. The fourth-order valence-corrected chi connectivity index (χ4v) is 3.77. The summed E-state index contributed by atoms with van der Waals surface area (Å²) in [7, 11) is 0. The number of hydrogen-bond donors (Lipinski definition) is 2. The largest absolute Gasteiger partial charge is 0.478 e. The molecule has 3 rings (SSSR count). The van der Waals surface area contributed by atoms with E-state index in [1.807, 2.05) is 38.1 Å². The third-order valence-electron chi connectivity index (χ3n) is 3.95. The lowest BCUT2D eigenvalue weighted by molar-refractivity contribution is 0.0699. The summed E-state index contributed by atoms with van der Waals surface area (Å²) < 4.78 is 13.3. The zero-order valence-corrected chi connectivity index (χ0v) is 15.0. The van der Waals surface area contributed by atoms with Gasteiger partial charge in [0.15, 0.2) is 0 Å². The van der Waals surface area contributed by atoms with E-state index in [9.17, 15) is 19.1 Å². The lowest BCUT2D eigenvalue weighted by atomic mass is 10.0. The summed E-state index contributed by atoms with van der Waals surface area (Å²) in [5.74, 6) is -2.21. The van der Waals surface area contributed by atoms with E-state index in [0.29, 0.717) is 5.56 Å². The number of carbonyl (C=O) groups excluding carboxylic acids is 1. The summed E-state index contributed by atoms with van der Waals surface area (Å²) in [6, 6.07) is 12.8. The first kappa shape index (κ1) is 17.8. The number of nitrogens with one attached hydrogen (secondary N) is 1. The van der Waals surface area contributed by atoms with Gasteiger partial charge >= 0.3 is 5.97 Å². The van der Waals surface area contributed by atoms with E-state index in [2.05, 4.69) is 5.32 Å². The number of thiophene rings is 1. The van der Waals surface area contributed by atoms with Gasteiger partial charge in [-0.1, -0.05) is 35.9 Å². The molecule has 6 heteroatoms. The fourth-order valence-electron chi connectivity index (χ4n) is 2.71. The highest BCUT2D eigenvalue weighted by molar-refractivity contribution is 7.17. The molecule has 0 atom stereocenters. The normalized spacial score (nSPS) is 10.6. The second-order valence-corrected chi connectivity index (χ2v) is 7.10. The number of carbonyl (C=O) groups is 2. The molecule has 1 heterocycles. The lowest BCUT2D eigenvalue weighted by Gasteiger charge is -2.07. The number of carboxylic acid groups (broad SMARTS) is 1. The van der Waals surface area contributed by atoms with E-state index >= 15 is 0 Å². The second kappa shape index (κ2) is 7.09. The molecular formula is C20H16FNO3S. The van der Waals surface area contributed by atoms with Crippen LogP contribution in [0.25, 0.3) is 11.1 Å². The molecule has 0 radical (unpaired) electrons. The van der Waals surface area contributed by atoms with Crippen LogP contribution in [-0.4, -0.2) is 17.0 Å². The zero-order valence-electron chi connectivity index (χ0n) is 14.2. The van der Waals surface area contributed by atoms with Crippen LogP contribution >= 0.6 is 11.3 Å². The van der Waals surface area contributed by atoms with Crippen molar-refractivity contribution in [1.82, 2.24) is 0 Å². The first-order valence-corrected chi connectivity index (χ1v) is 8.69. The molecular weight excluding hydrogens is 353 g/mol. The molecule has 26 heavy (non-hydrogen) atoms. The zero-order chi connectivity index (χ0) is 18.8. The van der Waals surface area contributed by atoms with Crippen LogP contribution in [-0.2, 0) is 0 Å². The molecule has 0 aliphatic carbocycles. The summed E-state index contributed by atoms with van der Waals surface area (Å²) in [6.45, 7) is 3.76. The highest BCUT2D eigenvalue weighted by Crippen LogP contribution is 2.40. The summed E-state index contributed by atoms with van der Waals surface area (Å²) in [6.07, 6.45) is 0. The van der Waals surface area contributed by atoms with Crippen LogP contribution < -0.4 is 5.32 Å². The molecule has 3 aromatic rings. The molecule has 2 N–H and O–H groups in total. The fraction of sp³-hybridized carbons (Fsp3) is 0.100. The van der Waals surface area contributed by atoms with Crippen molar-refractivity contribution in [2.75, 3.05) is 5.32 Å². The predicted octanol–water partition coefficient (Wildman–Crippen LogP) is 5.12.